The maximum atomic E-state index is 12.6. The molecule has 0 aliphatic heterocycles. The normalized spacial score (nSPS) is 10.6. The van der Waals surface area contributed by atoms with Gasteiger partial charge in [0.25, 0.3) is 0 Å². The summed E-state index contributed by atoms with van der Waals surface area (Å²) in [6, 6.07) is 20.9. The Morgan fingerprint density at radius 2 is 1.76 bits per heavy atom. The van der Waals surface area contributed by atoms with E-state index >= 15 is 0 Å². The van der Waals surface area contributed by atoms with Crippen LogP contribution in [0.2, 0.25) is 0 Å². The number of hydrogen-bond acceptors (Lipinski definition) is 7. The third-order valence-corrected chi connectivity index (χ3v) is 4.89. The summed E-state index contributed by atoms with van der Waals surface area (Å²) in [7, 11) is 4.44. The summed E-state index contributed by atoms with van der Waals surface area (Å²) >= 11 is 0. The van der Waals surface area contributed by atoms with Crippen LogP contribution in [0.5, 0.6) is 11.6 Å². The number of carbonyl (C=O) groups excluding carboxylic acids is 1. The van der Waals surface area contributed by atoms with Gasteiger partial charge in [0.2, 0.25) is 11.7 Å². The maximum absolute atomic E-state index is 12.6. The van der Waals surface area contributed by atoms with Crippen molar-refractivity contribution < 1.29 is 19.1 Å². The molecule has 0 fully saturated rings. The van der Waals surface area contributed by atoms with Gasteiger partial charge < -0.3 is 9.47 Å². The second-order valence-corrected chi connectivity index (χ2v) is 7.01. The number of aromatic nitrogens is 4. The molecule has 0 saturated heterocycles. The number of pyridine rings is 1. The number of rotatable bonds is 8. The van der Waals surface area contributed by atoms with Crippen molar-refractivity contribution in [2.45, 2.75) is 6.61 Å². The van der Waals surface area contributed by atoms with Crippen LogP contribution in [0.3, 0.4) is 0 Å². The van der Waals surface area contributed by atoms with Crippen molar-refractivity contribution in [3.63, 3.8) is 0 Å². The van der Waals surface area contributed by atoms with Crippen LogP contribution < -0.4 is 9.47 Å². The van der Waals surface area contributed by atoms with Gasteiger partial charge in [-0.3, -0.25) is 9.63 Å². The van der Waals surface area contributed by atoms with Crippen molar-refractivity contribution in [2.24, 2.45) is 0 Å². The SMILES string of the molecule is COc1ccc(-n2nc(C(=O)N(C)OC)nc2-c2ccc(OCc3ccccc3)cc2)cn1. The first kappa shape index (κ1) is 22.0. The summed E-state index contributed by atoms with van der Waals surface area (Å²) in [4.78, 5) is 26.3. The summed E-state index contributed by atoms with van der Waals surface area (Å²) in [5, 5.41) is 5.47. The Hall–Kier alpha value is -4.24. The Morgan fingerprint density at radius 1 is 1.00 bits per heavy atom. The fourth-order valence-corrected chi connectivity index (χ4v) is 3.05. The fourth-order valence-electron chi connectivity index (χ4n) is 3.05. The van der Waals surface area contributed by atoms with Gasteiger partial charge in [-0.05, 0) is 35.9 Å². The van der Waals surface area contributed by atoms with Gasteiger partial charge in [-0.2, -0.15) is 0 Å². The van der Waals surface area contributed by atoms with Gasteiger partial charge in [0.15, 0.2) is 5.82 Å². The minimum atomic E-state index is -0.471. The molecule has 4 rings (SSSR count). The Balaban J connectivity index is 1.64. The second-order valence-electron chi connectivity index (χ2n) is 7.01. The maximum Gasteiger partial charge on any atom is 0.316 e. The Kier molecular flexibility index (Phi) is 6.61. The lowest BCUT2D eigenvalue weighted by atomic mass is 10.2. The molecule has 0 aliphatic rings. The van der Waals surface area contributed by atoms with E-state index in [1.807, 2.05) is 54.6 Å². The Labute approximate surface area is 191 Å². The second kappa shape index (κ2) is 9.92. The first-order chi connectivity index (χ1) is 16.1. The van der Waals surface area contributed by atoms with Crippen LogP contribution in [0.25, 0.3) is 17.1 Å². The van der Waals surface area contributed by atoms with Gasteiger partial charge in [0.1, 0.15) is 12.4 Å². The van der Waals surface area contributed by atoms with E-state index in [0.29, 0.717) is 24.0 Å². The molecule has 9 heteroatoms. The van der Waals surface area contributed by atoms with E-state index in [1.54, 1.807) is 30.1 Å². The highest BCUT2D eigenvalue weighted by Crippen LogP contribution is 2.25. The zero-order valence-electron chi connectivity index (χ0n) is 18.5. The first-order valence-electron chi connectivity index (χ1n) is 10.2. The Bertz CT molecular complexity index is 1210. The van der Waals surface area contributed by atoms with Gasteiger partial charge in [0.05, 0.1) is 26.1 Å². The number of ether oxygens (including phenoxy) is 2. The summed E-state index contributed by atoms with van der Waals surface area (Å²) in [5.41, 5.74) is 2.46. The molecule has 0 bridgehead atoms. The number of carbonyl (C=O) groups is 1. The number of benzene rings is 2. The fraction of sp³-hybridized carbons (Fsp3) is 0.167. The molecule has 4 aromatic rings. The summed E-state index contributed by atoms with van der Waals surface area (Å²) in [6.45, 7) is 0.468. The number of methoxy groups -OCH3 is 1. The molecule has 1 amide bonds. The van der Waals surface area contributed by atoms with Gasteiger partial charge in [-0.25, -0.2) is 19.7 Å². The van der Waals surface area contributed by atoms with Crippen molar-refractivity contribution in [3.8, 4) is 28.7 Å². The average Bonchev–Trinajstić information content (AvgIpc) is 3.33. The van der Waals surface area contributed by atoms with Crippen LogP contribution in [0.15, 0.2) is 72.9 Å². The molecule has 0 unspecified atom stereocenters. The van der Waals surface area contributed by atoms with Gasteiger partial charge in [-0.1, -0.05) is 30.3 Å². The quantitative estimate of drug-likeness (QED) is 0.383. The largest absolute Gasteiger partial charge is 0.489 e. The zero-order valence-corrected chi connectivity index (χ0v) is 18.5. The lowest BCUT2D eigenvalue weighted by molar-refractivity contribution is -0.0764. The molecular formula is C24H23N5O4. The molecule has 2 aromatic carbocycles. The first-order valence-corrected chi connectivity index (χ1v) is 10.2. The van der Waals surface area contributed by atoms with Crippen LogP contribution in [0.4, 0.5) is 0 Å². The van der Waals surface area contributed by atoms with Crippen molar-refractivity contribution in [2.75, 3.05) is 21.3 Å². The van der Waals surface area contributed by atoms with Crippen LogP contribution in [-0.4, -0.2) is 52.0 Å². The number of hydrogen-bond donors (Lipinski definition) is 0. The van der Waals surface area contributed by atoms with E-state index in [1.165, 1.54) is 14.2 Å². The van der Waals surface area contributed by atoms with Crippen molar-refractivity contribution in [3.05, 3.63) is 84.3 Å². The molecule has 33 heavy (non-hydrogen) atoms. The topological polar surface area (TPSA) is 91.6 Å². The van der Waals surface area contributed by atoms with Crippen molar-refractivity contribution in [1.82, 2.24) is 24.8 Å². The molecule has 2 heterocycles. The lowest BCUT2D eigenvalue weighted by Crippen LogP contribution is -2.26. The van der Waals surface area contributed by atoms with Gasteiger partial charge in [-0.15, -0.1) is 5.10 Å². The molecule has 9 nitrogen and oxygen atoms in total. The van der Waals surface area contributed by atoms with Crippen molar-refractivity contribution in [1.29, 1.82) is 0 Å². The number of nitrogens with zero attached hydrogens (tertiary/aromatic N) is 5. The summed E-state index contributed by atoms with van der Waals surface area (Å²) < 4.78 is 12.6. The van der Waals surface area contributed by atoms with E-state index in [-0.39, 0.29) is 5.82 Å². The van der Waals surface area contributed by atoms with Crippen LogP contribution in [0, 0.1) is 0 Å². The summed E-state index contributed by atoms with van der Waals surface area (Å²) in [6.07, 6.45) is 1.60. The molecular weight excluding hydrogens is 422 g/mol. The van der Waals surface area contributed by atoms with E-state index in [2.05, 4.69) is 15.1 Å². The number of hydroxylamine groups is 2. The highest BCUT2D eigenvalue weighted by Gasteiger charge is 2.22. The molecule has 0 radical (unpaired) electrons. The van der Waals surface area contributed by atoms with Crippen molar-refractivity contribution >= 4 is 5.91 Å². The smallest absolute Gasteiger partial charge is 0.316 e. The molecule has 168 valence electrons. The summed E-state index contributed by atoms with van der Waals surface area (Å²) in [5.74, 6) is 1.19. The van der Waals surface area contributed by atoms with Crippen LogP contribution in [0.1, 0.15) is 16.2 Å². The monoisotopic (exact) mass is 445 g/mol. The zero-order chi connectivity index (χ0) is 23.2. The molecule has 2 aromatic heterocycles. The van der Waals surface area contributed by atoms with Gasteiger partial charge in [0, 0.05) is 18.7 Å². The standard InChI is InChI=1S/C24H23N5O4/c1-28(32-3)24(30)22-26-23(29(27-22)19-11-14-21(31-2)25-15-19)18-9-12-20(13-10-18)33-16-17-7-5-4-6-8-17/h4-15H,16H2,1-3H3. The molecule has 0 N–H and O–H groups in total. The highest BCUT2D eigenvalue weighted by molar-refractivity contribution is 5.90. The van der Waals surface area contributed by atoms with Crippen LogP contribution in [-0.2, 0) is 11.4 Å². The van der Waals surface area contributed by atoms with E-state index < -0.39 is 5.91 Å². The predicted molar refractivity (Wildman–Crippen MR) is 121 cm³/mol. The highest BCUT2D eigenvalue weighted by atomic mass is 16.7. The van der Waals surface area contributed by atoms with E-state index in [9.17, 15) is 4.79 Å². The van der Waals surface area contributed by atoms with E-state index in [4.69, 9.17) is 14.3 Å². The minimum absolute atomic E-state index is 0.00503. The minimum Gasteiger partial charge on any atom is -0.489 e. The molecule has 0 spiro atoms. The third kappa shape index (κ3) is 4.99. The van der Waals surface area contributed by atoms with E-state index in [0.717, 1.165) is 21.9 Å². The lowest BCUT2D eigenvalue weighted by Gasteiger charge is -2.10. The van der Waals surface area contributed by atoms with Gasteiger partial charge >= 0.3 is 5.91 Å². The third-order valence-electron chi connectivity index (χ3n) is 4.89. The van der Waals surface area contributed by atoms with Crippen LogP contribution >= 0.6 is 0 Å². The molecule has 0 aliphatic carbocycles. The number of amides is 1. The Morgan fingerprint density at radius 3 is 2.39 bits per heavy atom. The average molecular weight is 445 g/mol. The molecule has 0 saturated carbocycles. The molecule has 0 atom stereocenters. The predicted octanol–water partition coefficient (Wildman–Crippen LogP) is 3.55.